The second-order valence-corrected chi connectivity index (χ2v) is 6.28. The first-order valence-corrected chi connectivity index (χ1v) is 7.46. The number of benzene rings is 2. The maximum Gasteiger partial charge on any atom is 0.0660 e. The Kier molecular flexibility index (Phi) is 4.85. The van der Waals surface area contributed by atoms with Crippen molar-refractivity contribution in [3.63, 3.8) is 0 Å². The molecule has 0 bridgehead atoms. The van der Waals surface area contributed by atoms with Gasteiger partial charge in [0.2, 0.25) is 0 Å². The molecule has 0 amide bonds. The molecule has 0 radical (unpaired) electrons. The second kappa shape index (κ2) is 6.02. The van der Waals surface area contributed by atoms with Crippen molar-refractivity contribution in [1.82, 2.24) is 0 Å². The minimum absolute atomic E-state index is 0.0848. The first kappa shape index (κ1) is 14.5. The molecule has 0 nitrogen and oxygen atoms in total. The number of alkyl halides is 1. The summed E-state index contributed by atoms with van der Waals surface area (Å²) in [4.78, 5) is -0.0848. The van der Waals surface area contributed by atoms with Gasteiger partial charge in [0.15, 0.2) is 0 Å². The highest BCUT2D eigenvalue weighted by atomic mass is 79.9. The van der Waals surface area contributed by atoms with Gasteiger partial charge in [-0.25, -0.2) is 0 Å². The molecule has 0 aromatic heterocycles. The average Bonchev–Trinajstić information content (AvgIpc) is 2.35. The van der Waals surface area contributed by atoms with Gasteiger partial charge in [-0.05, 0) is 41.5 Å². The van der Waals surface area contributed by atoms with Crippen molar-refractivity contribution in [1.29, 1.82) is 0 Å². The summed E-state index contributed by atoms with van der Waals surface area (Å²) in [5, 5.41) is 2.32. The third kappa shape index (κ3) is 3.15. The predicted octanol–water partition coefficient (Wildman–Crippen LogP) is 6.78. The first-order chi connectivity index (χ1) is 8.49. The van der Waals surface area contributed by atoms with Crippen molar-refractivity contribution in [3.8, 4) is 0 Å². The molecule has 94 valence electrons. The van der Waals surface area contributed by atoms with Gasteiger partial charge in [0.05, 0.1) is 14.9 Å². The van der Waals surface area contributed by atoms with Crippen molar-refractivity contribution < 1.29 is 0 Å². The molecule has 2 aromatic rings. The van der Waals surface area contributed by atoms with Crippen LogP contribution < -0.4 is 0 Å². The normalized spacial score (nSPS) is 12.5. The Hall–Kier alpha value is 0.0800. The fourth-order valence-electron chi connectivity index (χ4n) is 1.56. The molecule has 0 saturated carbocycles. The molecule has 2 aromatic carbocycles. The van der Waals surface area contributed by atoms with Crippen LogP contribution in [0, 0.1) is 0 Å². The Morgan fingerprint density at radius 1 is 0.778 bits per heavy atom. The van der Waals surface area contributed by atoms with Crippen LogP contribution in [0.2, 0.25) is 20.1 Å². The molecule has 5 heteroatoms. The molecule has 2 rings (SSSR count). The third-order valence-electron chi connectivity index (χ3n) is 2.47. The summed E-state index contributed by atoms with van der Waals surface area (Å²) in [7, 11) is 0. The van der Waals surface area contributed by atoms with Crippen LogP contribution in [0.3, 0.4) is 0 Å². The van der Waals surface area contributed by atoms with E-state index in [0.717, 1.165) is 11.1 Å². The molecule has 0 saturated heterocycles. The molecular weight excluding hydrogens is 378 g/mol. The minimum Gasteiger partial charge on any atom is -0.0843 e. The van der Waals surface area contributed by atoms with E-state index in [-0.39, 0.29) is 4.83 Å². The van der Waals surface area contributed by atoms with Gasteiger partial charge in [0, 0.05) is 10.0 Å². The third-order valence-corrected chi connectivity index (χ3v) is 4.81. The summed E-state index contributed by atoms with van der Waals surface area (Å²) in [5.41, 5.74) is 1.86. The lowest BCUT2D eigenvalue weighted by Crippen LogP contribution is -1.94. The lowest BCUT2D eigenvalue weighted by atomic mass is 10.0. The molecule has 0 spiro atoms. The minimum atomic E-state index is -0.0848. The van der Waals surface area contributed by atoms with Gasteiger partial charge in [-0.3, -0.25) is 0 Å². The highest BCUT2D eigenvalue weighted by molar-refractivity contribution is 9.09. The molecule has 0 N–H and O–H groups in total. The van der Waals surface area contributed by atoms with Crippen molar-refractivity contribution >= 4 is 62.3 Å². The van der Waals surface area contributed by atoms with Crippen LogP contribution in [0.5, 0.6) is 0 Å². The van der Waals surface area contributed by atoms with E-state index in [2.05, 4.69) is 15.9 Å². The number of rotatable bonds is 2. The van der Waals surface area contributed by atoms with Crippen LogP contribution in [0.4, 0.5) is 0 Å². The Balaban J connectivity index is 2.44. The molecule has 0 aliphatic carbocycles. The fraction of sp³-hybridized carbons (Fsp3) is 0.0769. The lowest BCUT2D eigenvalue weighted by molar-refractivity contribution is 1.18. The average molecular weight is 385 g/mol. The van der Waals surface area contributed by atoms with Crippen LogP contribution >= 0.6 is 62.3 Å². The predicted molar refractivity (Wildman–Crippen MR) is 83.7 cm³/mol. The van der Waals surface area contributed by atoms with E-state index in [9.17, 15) is 0 Å². The van der Waals surface area contributed by atoms with Crippen molar-refractivity contribution in [2.45, 2.75) is 4.83 Å². The molecular formula is C13H7BrCl4. The summed E-state index contributed by atoms with van der Waals surface area (Å²) in [5.74, 6) is 0. The Morgan fingerprint density at radius 2 is 1.44 bits per heavy atom. The molecule has 1 atom stereocenters. The van der Waals surface area contributed by atoms with Gasteiger partial charge < -0.3 is 0 Å². The summed E-state index contributed by atoms with van der Waals surface area (Å²) >= 11 is 27.6. The zero-order valence-corrected chi connectivity index (χ0v) is 13.5. The monoisotopic (exact) mass is 382 g/mol. The number of halogens is 5. The number of hydrogen-bond acceptors (Lipinski definition) is 0. The van der Waals surface area contributed by atoms with E-state index in [1.54, 1.807) is 24.3 Å². The lowest BCUT2D eigenvalue weighted by Gasteiger charge is -2.13. The van der Waals surface area contributed by atoms with Crippen LogP contribution in [-0.4, -0.2) is 0 Å². The molecule has 0 fully saturated rings. The molecule has 18 heavy (non-hydrogen) atoms. The van der Waals surface area contributed by atoms with Crippen LogP contribution in [0.1, 0.15) is 16.0 Å². The molecule has 0 heterocycles. The van der Waals surface area contributed by atoms with E-state index in [4.69, 9.17) is 46.4 Å². The number of hydrogen-bond donors (Lipinski definition) is 0. The van der Waals surface area contributed by atoms with E-state index < -0.39 is 0 Å². The molecule has 0 aliphatic heterocycles. The van der Waals surface area contributed by atoms with Gasteiger partial charge >= 0.3 is 0 Å². The topological polar surface area (TPSA) is 0 Å². The van der Waals surface area contributed by atoms with Gasteiger partial charge in [0.1, 0.15) is 0 Å². The second-order valence-electron chi connectivity index (χ2n) is 3.70. The summed E-state index contributed by atoms with van der Waals surface area (Å²) in [6, 6.07) is 10.8. The summed E-state index contributed by atoms with van der Waals surface area (Å²) in [6.45, 7) is 0. The van der Waals surface area contributed by atoms with E-state index in [0.29, 0.717) is 20.1 Å². The van der Waals surface area contributed by atoms with Crippen molar-refractivity contribution in [2.75, 3.05) is 0 Å². The van der Waals surface area contributed by atoms with Gasteiger partial charge in [-0.2, -0.15) is 0 Å². The van der Waals surface area contributed by atoms with Gasteiger partial charge in [-0.15, -0.1) is 0 Å². The molecule has 1 unspecified atom stereocenters. The molecule has 0 aliphatic rings. The SMILES string of the molecule is Clc1ccc(Cl)c(C(Br)c2ccc(Cl)c(Cl)c2)c1. The summed E-state index contributed by atoms with van der Waals surface area (Å²) in [6.07, 6.45) is 0. The Bertz CT molecular complexity index is 583. The van der Waals surface area contributed by atoms with E-state index in [1.165, 1.54) is 0 Å². The van der Waals surface area contributed by atoms with E-state index >= 15 is 0 Å². The standard InChI is InChI=1S/C13H7BrCl4/c14-13(7-1-3-11(17)12(18)5-7)9-6-8(15)2-4-10(9)16/h1-6,13H. The Labute approximate surface area is 134 Å². The van der Waals surface area contributed by atoms with Crippen molar-refractivity contribution in [2.24, 2.45) is 0 Å². The van der Waals surface area contributed by atoms with Crippen LogP contribution in [-0.2, 0) is 0 Å². The van der Waals surface area contributed by atoms with Gasteiger partial charge in [0.25, 0.3) is 0 Å². The van der Waals surface area contributed by atoms with Crippen molar-refractivity contribution in [3.05, 3.63) is 67.6 Å². The quantitative estimate of drug-likeness (QED) is 0.500. The van der Waals surface area contributed by atoms with Crippen LogP contribution in [0.15, 0.2) is 36.4 Å². The maximum atomic E-state index is 6.16. The zero-order valence-electron chi connectivity index (χ0n) is 8.93. The fourth-order valence-corrected chi connectivity index (χ4v) is 3.07. The van der Waals surface area contributed by atoms with E-state index in [1.807, 2.05) is 12.1 Å². The Morgan fingerprint density at radius 3 is 2.11 bits per heavy atom. The largest absolute Gasteiger partial charge is 0.0843 e. The summed E-state index contributed by atoms with van der Waals surface area (Å²) < 4.78 is 0. The highest BCUT2D eigenvalue weighted by Crippen LogP contribution is 2.38. The van der Waals surface area contributed by atoms with Gasteiger partial charge in [-0.1, -0.05) is 68.4 Å². The smallest absolute Gasteiger partial charge is 0.0660 e. The highest BCUT2D eigenvalue weighted by Gasteiger charge is 2.15. The van der Waals surface area contributed by atoms with Crippen LogP contribution in [0.25, 0.3) is 0 Å². The maximum absolute atomic E-state index is 6.16. The zero-order chi connectivity index (χ0) is 13.3. The first-order valence-electron chi connectivity index (χ1n) is 5.03.